The zero-order chi connectivity index (χ0) is 32.5. The first kappa shape index (κ1) is 29.9. The minimum absolute atomic E-state index is 0.00995. The van der Waals surface area contributed by atoms with Gasteiger partial charge in [-0.25, -0.2) is 4.98 Å². The number of aromatic amines is 1. The molecule has 1 saturated heterocycles. The van der Waals surface area contributed by atoms with Crippen LogP contribution in [0.5, 0.6) is 0 Å². The van der Waals surface area contributed by atoms with E-state index in [9.17, 15) is 14.4 Å². The predicted octanol–water partition coefficient (Wildman–Crippen LogP) is 5.31. The number of nitrogens with zero attached hydrogens (tertiary/aromatic N) is 4. The van der Waals surface area contributed by atoms with Crippen LogP contribution in [0.1, 0.15) is 44.9 Å². The highest BCUT2D eigenvalue weighted by Crippen LogP contribution is 2.39. The summed E-state index contributed by atoms with van der Waals surface area (Å²) >= 11 is 0. The highest BCUT2D eigenvalue weighted by atomic mass is 16.2. The van der Waals surface area contributed by atoms with Gasteiger partial charge in [-0.05, 0) is 99.7 Å². The number of H-pyrrole nitrogens is 1. The minimum atomic E-state index is -0.390. The fourth-order valence-corrected chi connectivity index (χ4v) is 6.13. The molecule has 0 spiro atoms. The Hall–Kier alpha value is -5.81. The number of hydrogen-bond acceptors (Lipinski definition) is 7. The van der Waals surface area contributed by atoms with Crippen LogP contribution < -0.4 is 16.0 Å². The number of fused-ring (bicyclic) bond motifs is 2. The van der Waals surface area contributed by atoms with Crippen LogP contribution in [0.3, 0.4) is 0 Å². The van der Waals surface area contributed by atoms with Crippen LogP contribution in [0.4, 0.5) is 17.1 Å². The summed E-state index contributed by atoms with van der Waals surface area (Å²) in [6, 6.07) is 23.9. The van der Waals surface area contributed by atoms with Crippen LogP contribution in [-0.2, 0) is 4.79 Å². The molecule has 47 heavy (non-hydrogen) atoms. The molecule has 2 aliphatic heterocycles. The smallest absolute Gasteiger partial charge is 0.291 e. The van der Waals surface area contributed by atoms with E-state index in [2.05, 4.69) is 42.8 Å². The fourth-order valence-electron chi connectivity index (χ4n) is 6.13. The Morgan fingerprint density at radius 3 is 2.43 bits per heavy atom. The zero-order valence-electron chi connectivity index (χ0n) is 26.1. The molecule has 0 saturated carbocycles. The number of nitrogens with one attached hydrogen (secondary N) is 4. The second kappa shape index (κ2) is 12.5. The highest BCUT2D eigenvalue weighted by Gasteiger charge is 2.30. The van der Waals surface area contributed by atoms with Crippen molar-refractivity contribution >= 4 is 57.1 Å². The second-order valence-corrected chi connectivity index (χ2v) is 11.9. The molecule has 0 unspecified atom stereocenters. The topological polar surface area (TPSA) is 135 Å². The third-order valence-corrected chi connectivity index (χ3v) is 8.78. The maximum absolute atomic E-state index is 13.5. The number of rotatable bonds is 7. The molecular formula is C36H34N8O3. The monoisotopic (exact) mass is 626 g/mol. The fraction of sp³-hybridized carbons (Fsp3) is 0.194. The molecule has 0 radical (unpaired) electrons. The maximum Gasteiger partial charge on any atom is 0.291 e. The number of likely N-dealkylation sites (tertiary alicyclic amines) is 1. The molecule has 4 heterocycles. The molecule has 0 aliphatic carbocycles. The van der Waals surface area contributed by atoms with Crippen LogP contribution in [0.25, 0.3) is 22.3 Å². The van der Waals surface area contributed by atoms with Gasteiger partial charge in [-0.1, -0.05) is 12.1 Å². The number of imidazole rings is 1. The lowest BCUT2D eigenvalue weighted by molar-refractivity contribution is -0.110. The summed E-state index contributed by atoms with van der Waals surface area (Å²) in [7, 11) is 3.98. The van der Waals surface area contributed by atoms with Gasteiger partial charge in [-0.3, -0.25) is 19.4 Å². The van der Waals surface area contributed by atoms with E-state index < -0.39 is 5.91 Å². The van der Waals surface area contributed by atoms with Gasteiger partial charge in [0.25, 0.3) is 17.7 Å². The van der Waals surface area contributed by atoms with Gasteiger partial charge in [-0.15, -0.1) is 0 Å². The highest BCUT2D eigenvalue weighted by molar-refractivity contribution is 6.37. The van der Waals surface area contributed by atoms with Gasteiger partial charge in [0.15, 0.2) is 5.82 Å². The van der Waals surface area contributed by atoms with E-state index in [1.54, 1.807) is 42.7 Å². The number of pyridine rings is 1. The van der Waals surface area contributed by atoms with Crippen molar-refractivity contribution in [3.8, 4) is 0 Å². The Balaban J connectivity index is 1.14. The van der Waals surface area contributed by atoms with Crippen LogP contribution in [0, 0.1) is 0 Å². The van der Waals surface area contributed by atoms with E-state index in [1.165, 1.54) is 0 Å². The van der Waals surface area contributed by atoms with Crippen molar-refractivity contribution in [2.45, 2.75) is 18.9 Å². The summed E-state index contributed by atoms with van der Waals surface area (Å²) in [5, 5.41) is 9.23. The van der Waals surface area contributed by atoms with Gasteiger partial charge in [0.05, 0.1) is 28.0 Å². The molecule has 2 aromatic heterocycles. The second-order valence-electron chi connectivity index (χ2n) is 11.9. The minimum Gasteiger partial charge on any atom is -0.354 e. The molecule has 3 amide bonds. The Kier molecular flexibility index (Phi) is 7.96. The Bertz CT molecular complexity index is 1980. The molecular weight excluding hydrogens is 592 g/mol. The molecule has 0 atom stereocenters. The van der Waals surface area contributed by atoms with E-state index in [0.717, 1.165) is 37.0 Å². The number of carbonyl (C=O) groups is 3. The summed E-state index contributed by atoms with van der Waals surface area (Å²) in [4.78, 5) is 55.6. The number of piperidine rings is 1. The summed E-state index contributed by atoms with van der Waals surface area (Å²) in [6.07, 6.45) is 5.28. The molecule has 4 N–H and O–H groups in total. The van der Waals surface area contributed by atoms with E-state index >= 15 is 0 Å². The van der Waals surface area contributed by atoms with E-state index in [-0.39, 0.29) is 23.7 Å². The number of hydrogen-bond donors (Lipinski definition) is 4. The van der Waals surface area contributed by atoms with Crippen molar-refractivity contribution in [3.63, 3.8) is 0 Å². The third kappa shape index (κ3) is 6.08. The Labute approximate surface area is 271 Å². The summed E-state index contributed by atoms with van der Waals surface area (Å²) in [5.74, 6) is -0.498. The van der Waals surface area contributed by atoms with Gasteiger partial charge < -0.3 is 30.7 Å². The van der Waals surface area contributed by atoms with Crippen molar-refractivity contribution in [2.24, 2.45) is 0 Å². The van der Waals surface area contributed by atoms with Crippen molar-refractivity contribution in [3.05, 3.63) is 114 Å². The van der Waals surface area contributed by atoms with Crippen molar-refractivity contribution in [1.29, 1.82) is 0 Å². The van der Waals surface area contributed by atoms with Crippen molar-refractivity contribution < 1.29 is 14.4 Å². The average molecular weight is 627 g/mol. The van der Waals surface area contributed by atoms with Gasteiger partial charge in [-0.2, -0.15) is 0 Å². The molecule has 0 bridgehead atoms. The molecule has 3 aromatic carbocycles. The van der Waals surface area contributed by atoms with Crippen molar-refractivity contribution in [1.82, 2.24) is 24.8 Å². The van der Waals surface area contributed by atoms with Crippen LogP contribution in [0.15, 0.2) is 91.3 Å². The average Bonchev–Trinajstić information content (AvgIpc) is 3.68. The Morgan fingerprint density at radius 1 is 0.915 bits per heavy atom. The first-order valence-electron chi connectivity index (χ1n) is 15.5. The number of para-hydroxylation sites is 2. The molecule has 2 aliphatic rings. The first-order chi connectivity index (χ1) is 22.8. The van der Waals surface area contributed by atoms with Crippen LogP contribution in [-0.4, -0.2) is 75.7 Å². The largest absolute Gasteiger partial charge is 0.354 e. The number of amides is 3. The van der Waals surface area contributed by atoms with Crippen LogP contribution >= 0.6 is 0 Å². The lowest BCUT2D eigenvalue weighted by atomic mass is 10.0. The SMILES string of the molecule is CN1CCC(N(C)C(=O)c2ccc(N/C(=C3\C(=O)Nc4cc(NC(=O)c5nc6ccccc6[nH]5)ccc43)c3cccnc3)cc2)CC1. The standard InChI is InChI=1S/C36H34N8O3/c1-43-18-15-26(16-19-43)44(2)36(47)22-9-11-24(12-10-22)38-32(23-6-5-17-37-21-23)31-27-14-13-25(20-30(27)42-34(31)45)39-35(46)33-40-28-7-3-4-8-29(28)41-33/h3-14,17,20-21,26,38H,15-16,18-19H2,1-2H3,(H,39,46)(H,40,41)(H,42,45)/b32-31-. The number of anilines is 3. The molecule has 11 nitrogen and oxygen atoms in total. The summed E-state index contributed by atoms with van der Waals surface area (Å²) in [6.45, 7) is 1.96. The quantitative estimate of drug-likeness (QED) is 0.180. The van der Waals surface area contributed by atoms with Gasteiger partial charge in [0.1, 0.15) is 0 Å². The number of carbonyl (C=O) groups excluding carboxylic acids is 3. The predicted molar refractivity (Wildman–Crippen MR) is 183 cm³/mol. The molecule has 5 aromatic rings. The van der Waals surface area contributed by atoms with Gasteiger partial charge in [0, 0.05) is 53.5 Å². The van der Waals surface area contributed by atoms with Gasteiger partial charge in [0.2, 0.25) is 0 Å². The molecule has 11 heteroatoms. The maximum atomic E-state index is 13.5. The molecule has 236 valence electrons. The summed E-state index contributed by atoms with van der Waals surface area (Å²) in [5.41, 5.74) is 6.26. The zero-order valence-corrected chi connectivity index (χ0v) is 26.1. The summed E-state index contributed by atoms with van der Waals surface area (Å²) < 4.78 is 0. The lowest BCUT2D eigenvalue weighted by Gasteiger charge is -2.35. The van der Waals surface area contributed by atoms with E-state index in [4.69, 9.17) is 0 Å². The first-order valence-corrected chi connectivity index (χ1v) is 15.5. The normalized spacial score (nSPS) is 16.0. The number of aromatic nitrogens is 3. The third-order valence-electron chi connectivity index (χ3n) is 8.78. The Morgan fingerprint density at radius 2 is 1.68 bits per heavy atom. The van der Waals surface area contributed by atoms with E-state index in [0.29, 0.717) is 45.0 Å². The molecule has 7 rings (SSSR count). The van der Waals surface area contributed by atoms with Crippen LogP contribution in [0.2, 0.25) is 0 Å². The van der Waals surface area contributed by atoms with Crippen molar-refractivity contribution in [2.75, 3.05) is 43.1 Å². The van der Waals surface area contributed by atoms with E-state index in [1.807, 2.05) is 60.5 Å². The number of benzene rings is 3. The lowest BCUT2D eigenvalue weighted by Crippen LogP contribution is -2.44. The molecule has 1 fully saturated rings. The van der Waals surface area contributed by atoms with Gasteiger partial charge >= 0.3 is 0 Å².